The van der Waals surface area contributed by atoms with Crippen LogP contribution in [0.25, 0.3) is 11.3 Å². The largest absolute Gasteiger partial charge is 0.493 e. The van der Waals surface area contributed by atoms with E-state index in [2.05, 4.69) is 22.6 Å². The molecule has 3 rings (SSSR count). The zero-order chi connectivity index (χ0) is 19.9. The van der Waals surface area contributed by atoms with E-state index in [-0.39, 0.29) is 18.3 Å². The zero-order valence-corrected chi connectivity index (χ0v) is 15.9. The van der Waals surface area contributed by atoms with E-state index in [4.69, 9.17) is 18.8 Å². The second-order valence-corrected chi connectivity index (χ2v) is 5.87. The summed E-state index contributed by atoms with van der Waals surface area (Å²) in [5, 5.41) is 10.3. The number of aryl methyl sites for hydroxylation is 1. The van der Waals surface area contributed by atoms with Gasteiger partial charge in [0, 0.05) is 5.56 Å². The molecule has 0 unspecified atom stereocenters. The normalized spacial score (nSPS) is 10.4. The van der Waals surface area contributed by atoms with Gasteiger partial charge in [0.05, 0.1) is 14.2 Å². The summed E-state index contributed by atoms with van der Waals surface area (Å²) in [7, 11) is 3.09. The number of methoxy groups -OCH3 is 2. The fourth-order valence-corrected chi connectivity index (χ4v) is 2.58. The first-order valence-electron chi connectivity index (χ1n) is 8.71. The Labute approximate surface area is 162 Å². The van der Waals surface area contributed by atoms with Crippen molar-refractivity contribution in [1.82, 2.24) is 10.3 Å². The number of nitrogens with one attached hydrogen (secondary N) is 1. The van der Waals surface area contributed by atoms with Crippen LogP contribution in [0.1, 0.15) is 12.5 Å². The number of hydrogen-bond acceptors (Lipinski definition) is 7. The van der Waals surface area contributed by atoms with Gasteiger partial charge in [0.25, 0.3) is 5.91 Å². The number of amides is 1. The Morgan fingerprint density at radius 3 is 2.46 bits per heavy atom. The lowest BCUT2D eigenvalue weighted by molar-refractivity contribution is -0.118. The van der Waals surface area contributed by atoms with Gasteiger partial charge in [-0.2, -0.15) is 0 Å². The number of nitrogens with zero attached hydrogens (tertiary/aromatic N) is 2. The van der Waals surface area contributed by atoms with Crippen LogP contribution in [0.15, 0.2) is 47.1 Å². The van der Waals surface area contributed by atoms with Gasteiger partial charge in [-0.05, 0) is 52.6 Å². The molecule has 8 nitrogen and oxygen atoms in total. The Morgan fingerprint density at radius 1 is 1.04 bits per heavy atom. The average Bonchev–Trinajstić information content (AvgIpc) is 3.20. The van der Waals surface area contributed by atoms with Crippen molar-refractivity contribution >= 4 is 11.7 Å². The van der Waals surface area contributed by atoms with Crippen LogP contribution < -0.4 is 19.5 Å². The molecule has 0 radical (unpaired) electrons. The van der Waals surface area contributed by atoms with Crippen molar-refractivity contribution in [3.63, 3.8) is 0 Å². The number of rotatable bonds is 8. The molecule has 8 heteroatoms. The van der Waals surface area contributed by atoms with Crippen molar-refractivity contribution in [1.29, 1.82) is 0 Å². The number of aromatic nitrogens is 2. The van der Waals surface area contributed by atoms with E-state index in [9.17, 15) is 4.79 Å². The number of ether oxygens (including phenoxy) is 3. The van der Waals surface area contributed by atoms with Crippen LogP contribution in [0.5, 0.6) is 17.2 Å². The molecule has 0 spiro atoms. The van der Waals surface area contributed by atoms with Crippen molar-refractivity contribution in [2.45, 2.75) is 13.3 Å². The molecule has 1 amide bonds. The van der Waals surface area contributed by atoms with Crippen molar-refractivity contribution in [2.75, 3.05) is 26.1 Å². The van der Waals surface area contributed by atoms with Gasteiger partial charge in [-0.1, -0.05) is 19.1 Å². The lowest BCUT2D eigenvalue weighted by Crippen LogP contribution is -2.20. The summed E-state index contributed by atoms with van der Waals surface area (Å²) in [6.07, 6.45) is 0.943. The molecule has 0 saturated heterocycles. The monoisotopic (exact) mass is 383 g/mol. The summed E-state index contributed by atoms with van der Waals surface area (Å²) in [5.41, 5.74) is 2.23. The predicted molar refractivity (Wildman–Crippen MR) is 103 cm³/mol. The first-order chi connectivity index (χ1) is 13.6. The molecule has 0 atom stereocenters. The number of carbonyl (C=O) groups excluding carboxylic acids is 1. The van der Waals surface area contributed by atoms with Gasteiger partial charge in [-0.25, -0.2) is 4.63 Å². The molecule has 146 valence electrons. The topological polar surface area (TPSA) is 95.7 Å². The summed E-state index contributed by atoms with van der Waals surface area (Å²) >= 11 is 0. The maximum atomic E-state index is 12.2. The second kappa shape index (κ2) is 8.90. The maximum absolute atomic E-state index is 12.2. The molecule has 0 aliphatic rings. The third-order valence-corrected chi connectivity index (χ3v) is 4.10. The van der Waals surface area contributed by atoms with Gasteiger partial charge in [0.2, 0.25) is 5.82 Å². The molecule has 3 aromatic rings. The van der Waals surface area contributed by atoms with E-state index < -0.39 is 0 Å². The Balaban J connectivity index is 1.67. The van der Waals surface area contributed by atoms with Gasteiger partial charge in [0.15, 0.2) is 23.8 Å². The van der Waals surface area contributed by atoms with Crippen molar-refractivity contribution in [3.8, 4) is 28.5 Å². The summed E-state index contributed by atoms with van der Waals surface area (Å²) in [4.78, 5) is 12.2. The van der Waals surface area contributed by atoms with Crippen molar-refractivity contribution in [2.24, 2.45) is 0 Å². The molecule has 0 saturated carbocycles. The third-order valence-electron chi connectivity index (χ3n) is 4.10. The highest BCUT2D eigenvalue weighted by Gasteiger charge is 2.17. The molecule has 2 aromatic carbocycles. The molecular formula is C20H21N3O5. The van der Waals surface area contributed by atoms with E-state index in [1.165, 1.54) is 12.7 Å². The highest BCUT2D eigenvalue weighted by Crippen LogP contribution is 2.33. The fourth-order valence-electron chi connectivity index (χ4n) is 2.58. The smallest absolute Gasteiger partial charge is 0.263 e. The van der Waals surface area contributed by atoms with Gasteiger partial charge in [-0.3, -0.25) is 4.79 Å². The van der Waals surface area contributed by atoms with Crippen LogP contribution in [0, 0.1) is 0 Å². The quantitative estimate of drug-likeness (QED) is 0.637. The number of hydrogen-bond donors (Lipinski definition) is 1. The Hall–Kier alpha value is -3.55. The summed E-state index contributed by atoms with van der Waals surface area (Å²) in [6.45, 7) is 1.91. The number of carbonyl (C=O) groups is 1. The molecule has 1 N–H and O–H groups in total. The van der Waals surface area contributed by atoms with Gasteiger partial charge < -0.3 is 19.5 Å². The molecule has 1 heterocycles. The van der Waals surface area contributed by atoms with Crippen molar-refractivity contribution < 1.29 is 23.6 Å². The molecule has 0 bridgehead atoms. The Bertz CT molecular complexity index is 937. The van der Waals surface area contributed by atoms with Crippen LogP contribution in [0.4, 0.5) is 5.82 Å². The van der Waals surface area contributed by atoms with E-state index in [0.717, 1.165) is 6.42 Å². The standard InChI is InChI=1S/C20H21N3O5/c1-4-13-5-8-15(9-6-13)27-12-18(24)21-20-19(22-28-23-20)14-7-10-16(25-2)17(11-14)26-3/h5-11H,4,12H2,1-3H3,(H,21,23,24). The minimum atomic E-state index is -0.378. The summed E-state index contributed by atoms with van der Waals surface area (Å²) < 4.78 is 20.8. The third kappa shape index (κ3) is 4.40. The summed E-state index contributed by atoms with van der Waals surface area (Å²) in [5.74, 6) is 1.54. The maximum Gasteiger partial charge on any atom is 0.263 e. The molecular weight excluding hydrogens is 362 g/mol. The highest BCUT2D eigenvalue weighted by molar-refractivity contribution is 5.94. The summed E-state index contributed by atoms with van der Waals surface area (Å²) in [6, 6.07) is 12.8. The predicted octanol–water partition coefficient (Wildman–Crippen LogP) is 3.33. The minimum absolute atomic E-state index is 0.163. The van der Waals surface area contributed by atoms with Crippen LogP contribution in [-0.2, 0) is 11.2 Å². The molecule has 1 aromatic heterocycles. The Morgan fingerprint density at radius 2 is 1.79 bits per heavy atom. The SMILES string of the molecule is CCc1ccc(OCC(=O)Nc2nonc2-c2ccc(OC)c(OC)c2)cc1. The molecule has 0 aliphatic carbocycles. The Kier molecular flexibility index (Phi) is 6.11. The van der Waals surface area contributed by atoms with Crippen LogP contribution in [0.2, 0.25) is 0 Å². The number of anilines is 1. The number of benzene rings is 2. The van der Waals surface area contributed by atoms with E-state index in [1.807, 2.05) is 24.3 Å². The second-order valence-electron chi connectivity index (χ2n) is 5.87. The van der Waals surface area contributed by atoms with E-state index in [1.54, 1.807) is 25.3 Å². The van der Waals surface area contributed by atoms with Crippen molar-refractivity contribution in [3.05, 3.63) is 48.0 Å². The lowest BCUT2D eigenvalue weighted by Gasteiger charge is -2.09. The van der Waals surface area contributed by atoms with E-state index in [0.29, 0.717) is 28.5 Å². The zero-order valence-electron chi connectivity index (χ0n) is 15.9. The first kappa shape index (κ1) is 19.2. The van der Waals surface area contributed by atoms with Gasteiger partial charge in [0.1, 0.15) is 5.75 Å². The van der Waals surface area contributed by atoms with Gasteiger partial charge >= 0.3 is 0 Å². The average molecular weight is 383 g/mol. The minimum Gasteiger partial charge on any atom is -0.493 e. The van der Waals surface area contributed by atoms with E-state index >= 15 is 0 Å². The first-order valence-corrected chi connectivity index (χ1v) is 8.71. The van der Waals surface area contributed by atoms with Crippen LogP contribution in [-0.4, -0.2) is 37.0 Å². The van der Waals surface area contributed by atoms with Crippen LogP contribution in [0.3, 0.4) is 0 Å². The van der Waals surface area contributed by atoms with Gasteiger partial charge in [-0.15, -0.1) is 0 Å². The highest BCUT2D eigenvalue weighted by atomic mass is 16.6. The molecule has 0 fully saturated rings. The fraction of sp³-hybridized carbons (Fsp3) is 0.250. The lowest BCUT2D eigenvalue weighted by atomic mass is 10.1. The molecule has 0 aliphatic heterocycles. The van der Waals surface area contributed by atoms with Crippen LogP contribution >= 0.6 is 0 Å². The molecule has 28 heavy (non-hydrogen) atoms.